The van der Waals surface area contributed by atoms with Gasteiger partial charge in [-0.3, -0.25) is 4.98 Å². The second kappa shape index (κ2) is 5.41. The van der Waals surface area contributed by atoms with Crippen molar-refractivity contribution in [1.29, 1.82) is 0 Å². The minimum atomic E-state index is 0.258. The van der Waals surface area contributed by atoms with Gasteiger partial charge in [0.1, 0.15) is 0 Å². The summed E-state index contributed by atoms with van der Waals surface area (Å²) in [6.07, 6.45) is 2.43. The van der Waals surface area contributed by atoms with Crippen LogP contribution in [0.4, 0.5) is 0 Å². The van der Waals surface area contributed by atoms with Gasteiger partial charge in [0.2, 0.25) is 0 Å². The molecule has 1 aromatic rings. The van der Waals surface area contributed by atoms with Crippen molar-refractivity contribution in [3.8, 4) is 0 Å². The van der Waals surface area contributed by atoms with Crippen molar-refractivity contribution in [2.75, 3.05) is 26.2 Å². The summed E-state index contributed by atoms with van der Waals surface area (Å²) in [6.45, 7) is 5.24. The van der Waals surface area contributed by atoms with Crippen LogP contribution in [0.15, 0.2) is 18.2 Å². The molecular formula is C13H20N2O. The highest BCUT2D eigenvalue weighted by molar-refractivity contribution is 5.15. The SMILES string of the molecule is Cc1cccc(C2CCCN(CCO)C2)n1. The number of nitrogens with zero attached hydrogens (tertiary/aromatic N) is 2. The number of β-amino-alcohol motifs (C(OH)–C–C–N with tert-alkyl or cyclic N) is 1. The second-order valence-electron chi connectivity index (χ2n) is 4.57. The van der Waals surface area contributed by atoms with E-state index in [4.69, 9.17) is 5.11 Å². The standard InChI is InChI=1S/C13H20N2O/c1-11-4-2-6-13(14-11)12-5-3-7-15(10-12)8-9-16/h2,4,6,12,16H,3,5,7-10H2,1H3. The van der Waals surface area contributed by atoms with Gasteiger partial charge in [0.25, 0.3) is 0 Å². The molecule has 0 aliphatic carbocycles. The van der Waals surface area contributed by atoms with Crippen molar-refractivity contribution >= 4 is 0 Å². The predicted molar refractivity (Wildman–Crippen MR) is 64.5 cm³/mol. The lowest BCUT2D eigenvalue weighted by molar-refractivity contribution is 0.160. The van der Waals surface area contributed by atoms with E-state index in [1.54, 1.807) is 0 Å². The van der Waals surface area contributed by atoms with Crippen molar-refractivity contribution < 1.29 is 5.11 Å². The number of pyridine rings is 1. The number of piperidine rings is 1. The number of aliphatic hydroxyl groups is 1. The van der Waals surface area contributed by atoms with Crippen LogP contribution in [0.5, 0.6) is 0 Å². The molecule has 2 heterocycles. The average molecular weight is 220 g/mol. The summed E-state index contributed by atoms with van der Waals surface area (Å²) < 4.78 is 0. The van der Waals surface area contributed by atoms with E-state index < -0.39 is 0 Å². The highest BCUT2D eigenvalue weighted by atomic mass is 16.3. The predicted octanol–water partition coefficient (Wildman–Crippen LogP) is 1.56. The number of aryl methyl sites for hydroxylation is 1. The van der Waals surface area contributed by atoms with Gasteiger partial charge in [0, 0.05) is 30.4 Å². The monoisotopic (exact) mass is 220 g/mol. The Balaban J connectivity index is 2.03. The fourth-order valence-electron chi connectivity index (χ4n) is 2.43. The molecule has 0 amide bonds. The van der Waals surface area contributed by atoms with Crippen LogP contribution in [0.2, 0.25) is 0 Å². The van der Waals surface area contributed by atoms with Crippen LogP contribution in [0.1, 0.15) is 30.1 Å². The minimum absolute atomic E-state index is 0.258. The van der Waals surface area contributed by atoms with Crippen LogP contribution in [-0.2, 0) is 0 Å². The third kappa shape index (κ3) is 2.80. The maximum Gasteiger partial charge on any atom is 0.0558 e. The molecule has 1 aliphatic rings. The zero-order valence-electron chi connectivity index (χ0n) is 9.89. The zero-order chi connectivity index (χ0) is 11.4. The van der Waals surface area contributed by atoms with Gasteiger partial charge in [-0.05, 0) is 38.4 Å². The lowest BCUT2D eigenvalue weighted by Gasteiger charge is -2.31. The molecule has 1 unspecified atom stereocenters. The Hall–Kier alpha value is -0.930. The molecule has 1 aromatic heterocycles. The Morgan fingerprint density at radius 2 is 2.38 bits per heavy atom. The molecule has 1 aliphatic heterocycles. The number of aliphatic hydroxyl groups excluding tert-OH is 1. The third-order valence-electron chi connectivity index (χ3n) is 3.25. The van der Waals surface area contributed by atoms with E-state index in [0.717, 1.165) is 25.3 Å². The topological polar surface area (TPSA) is 36.4 Å². The highest BCUT2D eigenvalue weighted by Crippen LogP contribution is 2.25. The van der Waals surface area contributed by atoms with Gasteiger partial charge in [-0.15, -0.1) is 0 Å². The van der Waals surface area contributed by atoms with E-state index in [9.17, 15) is 0 Å². The molecule has 1 fully saturated rings. The summed E-state index contributed by atoms with van der Waals surface area (Å²) in [4.78, 5) is 6.93. The van der Waals surface area contributed by atoms with Gasteiger partial charge in [0.05, 0.1) is 6.61 Å². The largest absolute Gasteiger partial charge is 0.395 e. The Morgan fingerprint density at radius 1 is 1.50 bits per heavy atom. The lowest BCUT2D eigenvalue weighted by atomic mass is 9.94. The molecule has 3 nitrogen and oxygen atoms in total. The molecule has 3 heteroatoms. The van der Waals surface area contributed by atoms with Crippen LogP contribution in [0.25, 0.3) is 0 Å². The number of aromatic nitrogens is 1. The van der Waals surface area contributed by atoms with Crippen molar-refractivity contribution in [2.45, 2.75) is 25.7 Å². The molecule has 88 valence electrons. The van der Waals surface area contributed by atoms with Gasteiger partial charge >= 0.3 is 0 Å². The first-order valence-electron chi connectivity index (χ1n) is 6.06. The van der Waals surface area contributed by atoms with E-state index >= 15 is 0 Å². The smallest absolute Gasteiger partial charge is 0.0558 e. The summed E-state index contributed by atoms with van der Waals surface area (Å²) in [7, 11) is 0. The molecule has 0 aromatic carbocycles. The van der Waals surface area contributed by atoms with E-state index in [0.29, 0.717) is 5.92 Å². The van der Waals surface area contributed by atoms with Crippen LogP contribution >= 0.6 is 0 Å². The van der Waals surface area contributed by atoms with Crippen LogP contribution < -0.4 is 0 Å². The molecular weight excluding hydrogens is 200 g/mol. The number of likely N-dealkylation sites (tertiary alicyclic amines) is 1. The van der Waals surface area contributed by atoms with E-state index in [1.165, 1.54) is 18.5 Å². The van der Waals surface area contributed by atoms with Gasteiger partial charge in [-0.25, -0.2) is 0 Å². The Labute approximate surface area is 97.1 Å². The lowest BCUT2D eigenvalue weighted by Crippen LogP contribution is -2.36. The first-order chi connectivity index (χ1) is 7.79. The number of hydrogen-bond donors (Lipinski definition) is 1. The Kier molecular flexibility index (Phi) is 3.91. The van der Waals surface area contributed by atoms with Gasteiger partial charge < -0.3 is 10.0 Å². The van der Waals surface area contributed by atoms with Crippen molar-refractivity contribution in [2.24, 2.45) is 0 Å². The summed E-state index contributed by atoms with van der Waals surface area (Å²) >= 11 is 0. The second-order valence-corrected chi connectivity index (χ2v) is 4.57. The molecule has 1 N–H and O–H groups in total. The third-order valence-corrected chi connectivity index (χ3v) is 3.25. The summed E-state index contributed by atoms with van der Waals surface area (Å²) in [5, 5.41) is 8.96. The van der Waals surface area contributed by atoms with Crippen LogP contribution in [-0.4, -0.2) is 41.2 Å². The van der Waals surface area contributed by atoms with Crippen molar-refractivity contribution in [1.82, 2.24) is 9.88 Å². The van der Waals surface area contributed by atoms with Crippen LogP contribution in [0.3, 0.4) is 0 Å². The maximum absolute atomic E-state index is 8.96. The molecule has 2 rings (SSSR count). The fraction of sp³-hybridized carbons (Fsp3) is 0.615. The number of hydrogen-bond acceptors (Lipinski definition) is 3. The normalized spacial score (nSPS) is 22.2. The Bertz CT molecular complexity index is 338. The van der Waals surface area contributed by atoms with E-state index in [-0.39, 0.29) is 6.61 Å². The van der Waals surface area contributed by atoms with Crippen molar-refractivity contribution in [3.63, 3.8) is 0 Å². The Morgan fingerprint density at radius 3 is 3.12 bits per heavy atom. The molecule has 0 radical (unpaired) electrons. The first-order valence-corrected chi connectivity index (χ1v) is 6.06. The summed E-state index contributed by atoms with van der Waals surface area (Å²) in [5.41, 5.74) is 2.31. The van der Waals surface area contributed by atoms with Gasteiger partial charge in [-0.2, -0.15) is 0 Å². The van der Waals surface area contributed by atoms with Gasteiger partial charge in [0.15, 0.2) is 0 Å². The van der Waals surface area contributed by atoms with E-state index in [2.05, 4.69) is 22.0 Å². The maximum atomic E-state index is 8.96. The zero-order valence-corrected chi connectivity index (χ0v) is 9.89. The highest BCUT2D eigenvalue weighted by Gasteiger charge is 2.21. The van der Waals surface area contributed by atoms with Crippen LogP contribution in [0, 0.1) is 6.92 Å². The minimum Gasteiger partial charge on any atom is -0.395 e. The first kappa shape index (κ1) is 11.6. The van der Waals surface area contributed by atoms with Gasteiger partial charge in [-0.1, -0.05) is 6.07 Å². The molecule has 0 saturated carbocycles. The quantitative estimate of drug-likeness (QED) is 0.840. The molecule has 16 heavy (non-hydrogen) atoms. The molecule has 0 spiro atoms. The average Bonchev–Trinajstić information content (AvgIpc) is 2.30. The summed E-state index contributed by atoms with van der Waals surface area (Å²) in [5.74, 6) is 0.542. The van der Waals surface area contributed by atoms with Crippen molar-refractivity contribution in [3.05, 3.63) is 29.6 Å². The van der Waals surface area contributed by atoms with E-state index in [1.807, 2.05) is 13.0 Å². The fourth-order valence-corrected chi connectivity index (χ4v) is 2.43. The molecule has 1 saturated heterocycles. The number of rotatable bonds is 3. The molecule has 0 bridgehead atoms. The summed E-state index contributed by atoms with van der Waals surface area (Å²) in [6, 6.07) is 6.25. The molecule has 1 atom stereocenters.